The summed E-state index contributed by atoms with van der Waals surface area (Å²) in [6.45, 7) is 6.72. The highest BCUT2D eigenvalue weighted by molar-refractivity contribution is 6.01. The molecule has 2 amide bonds. The molecule has 3 aliphatic heterocycles. The van der Waals surface area contributed by atoms with E-state index in [-0.39, 0.29) is 24.1 Å². The number of hydrogen-bond donors (Lipinski definition) is 3. The number of amides is 2. The van der Waals surface area contributed by atoms with E-state index in [0.29, 0.717) is 17.8 Å². The van der Waals surface area contributed by atoms with Gasteiger partial charge in [0.25, 0.3) is 0 Å². The number of halogens is 1. The molecule has 10 heteroatoms. The number of nitrogens with zero attached hydrogens (tertiary/aromatic N) is 4. The minimum atomic E-state index is -0.522. The van der Waals surface area contributed by atoms with Crippen LogP contribution in [0.5, 0.6) is 0 Å². The van der Waals surface area contributed by atoms with Gasteiger partial charge in [0.1, 0.15) is 11.9 Å². The highest BCUT2D eigenvalue weighted by atomic mass is 19.1. The largest absolute Gasteiger partial charge is 0.374 e. The van der Waals surface area contributed by atoms with Gasteiger partial charge in [0.05, 0.1) is 23.6 Å². The third-order valence-electron chi connectivity index (χ3n) is 6.35. The van der Waals surface area contributed by atoms with Crippen molar-refractivity contribution in [1.29, 1.82) is 0 Å². The van der Waals surface area contributed by atoms with Crippen LogP contribution >= 0.6 is 0 Å². The first kappa shape index (κ1) is 20.9. The zero-order valence-electron chi connectivity index (χ0n) is 17.9. The lowest BCUT2D eigenvalue weighted by molar-refractivity contribution is -0.133. The summed E-state index contributed by atoms with van der Waals surface area (Å²) < 4.78 is 16.9. The van der Waals surface area contributed by atoms with Crippen LogP contribution in [-0.4, -0.2) is 65.3 Å². The molecular weight excluding hydrogens is 413 g/mol. The number of imide groups is 1. The number of carbonyl (C=O) groups excluding carboxylic acids is 2. The Hall–Kier alpha value is -2.98. The molecule has 2 fully saturated rings. The van der Waals surface area contributed by atoms with Crippen molar-refractivity contribution in [2.24, 2.45) is 0 Å². The van der Waals surface area contributed by atoms with E-state index in [1.54, 1.807) is 12.1 Å². The minimum Gasteiger partial charge on any atom is -0.374 e. The Morgan fingerprint density at radius 3 is 2.72 bits per heavy atom. The molecule has 32 heavy (non-hydrogen) atoms. The van der Waals surface area contributed by atoms with Gasteiger partial charge in [-0.1, -0.05) is 0 Å². The molecule has 0 spiro atoms. The van der Waals surface area contributed by atoms with Gasteiger partial charge in [-0.2, -0.15) is 5.10 Å². The second-order valence-electron chi connectivity index (χ2n) is 8.60. The number of hydrogen-bond acceptors (Lipinski definition) is 7. The smallest absolute Gasteiger partial charge is 0.249 e. The number of anilines is 2. The Morgan fingerprint density at radius 2 is 1.97 bits per heavy atom. The van der Waals surface area contributed by atoms with Gasteiger partial charge in [-0.05, 0) is 30.7 Å². The molecule has 3 N–H and O–H groups in total. The number of aromatic nitrogens is 2. The highest BCUT2D eigenvalue weighted by Gasteiger charge is 2.27. The summed E-state index contributed by atoms with van der Waals surface area (Å²) in [5, 5.41) is 13.4. The van der Waals surface area contributed by atoms with Gasteiger partial charge in [0, 0.05) is 57.9 Å². The van der Waals surface area contributed by atoms with Crippen LogP contribution in [-0.2, 0) is 29.2 Å². The molecule has 1 aromatic heterocycles. The van der Waals surface area contributed by atoms with Gasteiger partial charge in [-0.25, -0.2) is 4.39 Å². The zero-order chi connectivity index (χ0) is 22.1. The quantitative estimate of drug-likeness (QED) is 0.587. The van der Waals surface area contributed by atoms with E-state index < -0.39 is 6.04 Å². The van der Waals surface area contributed by atoms with Crippen LogP contribution in [0, 0.1) is 5.82 Å². The van der Waals surface area contributed by atoms with Crippen molar-refractivity contribution in [3.63, 3.8) is 0 Å². The lowest BCUT2D eigenvalue weighted by Gasteiger charge is -2.36. The number of piperidine rings is 1. The molecular formula is C22H28FN7O2. The molecule has 3 aliphatic rings. The summed E-state index contributed by atoms with van der Waals surface area (Å²) in [5.74, 6) is -0.944. The van der Waals surface area contributed by atoms with Crippen molar-refractivity contribution in [2.45, 2.75) is 38.5 Å². The fourth-order valence-electron chi connectivity index (χ4n) is 4.59. The van der Waals surface area contributed by atoms with Crippen molar-refractivity contribution in [3.05, 3.63) is 41.5 Å². The van der Waals surface area contributed by atoms with Crippen LogP contribution in [0.4, 0.5) is 15.8 Å². The predicted molar refractivity (Wildman–Crippen MR) is 118 cm³/mol. The Balaban J connectivity index is 1.16. The highest BCUT2D eigenvalue weighted by Crippen LogP contribution is 2.25. The normalized spacial score (nSPS) is 21.9. The molecule has 0 radical (unpaired) electrons. The topological polar surface area (TPSA) is 94.5 Å². The average molecular weight is 442 g/mol. The summed E-state index contributed by atoms with van der Waals surface area (Å²) in [5.41, 5.74) is 3.43. The van der Waals surface area contributed by atoms with E-state index in [0.717, 1.165) is 58.1 Å². The van der Waals surface area contributed by atoms with Gasteiger partial charge in [-0.15, -0.1) is 0 Å². The Labute approximate surface area is 185 Å². The zero-order valence-corrected chi connectivity index (χ0v) is 17.9. The summed E-state index contributed by atoms with van der Waals surface area (Å²) in [7, 11) is 0. The lowest BCUT2D eigenvalue weighted by atomic mass is 10.1. The van der Waals surface area contributed by atoms with E-state index >= 15 is 0 Å². The maximum Gasteiger partial charge on any atom is 0.249 e. The van der Waals surface area contributed by atoms with Crippen molar-refractivity contribution >= 4 is 23.2 Å². The number of piperazine rings is 1. The summed E-state index contributed by atoms with van der Waals surface area (Å²) in [4.78, 5) is 27.6. The van der Waals surface area contributed by atoms with Gasteiger partial charge in [0.15, 0.2) is 0 Å². The van der Waals surface area contributed by atoms with Gasteiger partial charge >= 0.3 is 0 Å². The monoisotopic (exact) mass is 441 g/mol. The van der Waals surface area contributed by atoms with Crippen LogP contribution < -0.4 is 20.9 Å². The van der Waals surface area contributed by atoms with E-state index in [1.807, 2.05) is 0 Å². The second kappa shape index (κ2) is 8.87. The maximum absolute atomic E-state index is 14.9. The minimum absolute atomic E-state index is 0.266. The second-order valence-corrected chi connectivity index (χ2v) is 8.60. The standard InChI is InChI=1S/C22H28FN7O2/c23-18-12-15(25-19-2-4-21(31)26-22(19)32)1-3-20(18)29-9-7-28(8-10-29)14-16-11-17-13-24-5-6-30(17)27-16/h1,3,11-12,19,24-25H,2,4-10,13-14H2,(H,26,31,32). The molecule has 0 aliphatic carbocycles. The van der Waals surface area contributed by atoms with Crippen molar-refractivity contribution in [2.75, 3.05) is 42.9 Å². The van der Waals surface area contributed by atoms with Crippen LogP contribution in [0.2, 0.25) is 0 Å². The lowest BCUT2D eigenvalue weighted by Crippen LogP contribution is -2.47. The van der Waals surface area contributed by atoms with E-state index in [2.05, 4.69) is 36.5 Å². The van der Waals surface area contributed by atoms with Crippen molar-refractivity contribution in [3.8, 4) is 0 Å². The summed E-state index contributed by atoms with van der Waals surface area (Å²) in [6.07, 6.45) is 0.693. The number of rotatable bonds is 5. The molecule has 5 rings (SSSR count). The molecule has 0 saturated carbocycles. The Kier molecular flexibility index (Phi) is 5.79. The van der Waals surface area contributed by atoms with Gasteiger partial charge in [0.2, 0.25) is 11.8 Å². The molecule has 1 atom stereocenters. The molecule has 2 aromatic rings. The van der Waals surface area contributed by atoms with Crippen LogP contribution in [0.3, 0.4) is 0 Å². The molecule has 170 valence electrons. The number of nitrogens with one attached hydrogen (secondary N) is 3. The van der Waals surface area contributed by atoms with E-state index in [1.165, 1.54) is 11.8 Å². The number of benzene rings is 1. The molecule has 1 aromatic carbocycles. The predicted octanol–water partition coefficient (Wildman–Crippen LogP) is 0.665. The number of fused-ring (bicyclic) bond motifs is 1. The SMILES string of the molecule is O=C1CCC(Nc2ccc(N3CCN(Cc4cc5n(n4)CCNC5)CC3)c(F)c2)C(=O)N1. The van der Waals surface area contributed by atoms with Crippen molar-refractivity contribution in [1.82, 2.24) is 25.3 Å². The molecule has 2 saturated heterocycles. The Morgan fingerprint density at radius 1 is 1.12 bits per heavy atom. The summed E-state index contributed by atoms with van der Waals surface area (Å²) in [6, 6.07) is 6.63. The third kappa shape index (κ3) is 4.46. The molecule has 0 bridgehead atoms. The molecule has 4 heterocycles. The first-order chi connectivity index (χ1) is 15.5. The van der Waals surface area contributed by atoms with Gasteiger partial charge < -0.3 is 15.5 Å². The Bertz CT molecular complexity index is 992. The van der Waals surface area contributed by atoms with Crippen LogP contribution in [0.1, 0.15) is 24.2 Å². The fourth-order valence-corrected chi connectivity index (χ4v) is 4.59. The van der Waals surface area contributed by atoms with Crippen LogP contribution in [0.25, 0.3) is 0 Å². The molecule has 9 nitrogen and oxygen atoms in total. The maximum atomic E-state index is 14.9. The molecule has 1 unspecified atom stereocenters. The fraction of sp³-hybridized carbons (Fsp3) is 0.500. The van der Waals surface area contributed by atoms with Crippen molar-refractivity contribution < 1.29 is 14.0 Å². The summed E-state index contributed by atoms with van der Waals surface area (Å²) >= 11 is 0. The third-order valence-corrected chi connectivity index (χ3v) is 6.35. The van der Waals surface area contributed by atoms with Crippen LogP contribution in [0.15, 0.2) is 24.3 Å². The first-order valence-electron chi connectivity index (χ1n) is 11.2. The van der Waals surface area contributed by atoms with E-state index in [4.69, 9.17) is 5.10 Å². The van der Waals surface area contributed by atoms with Gasteiger partial charge in [-0.3, -0.25) is 24.5 Å². The number of carbonyl (C=O) groups is 2. The first-order valence-corrected chi connectivity index (χ1v) is 11.2. The average Bonchev–Trinajstić information content (AvgIpc) is 3.19. The van der Waals surface area contributed by atoms with E-state index in [9.17, 15) is 14.0 Å².